The molecular weight excluding hydrogens is 337 g/mol. The Bertz CT molecular complexity index is 632. The average molecular weight is 354 g/mol. The van der Waals surface area contributed by atoms with Crippen LogP contribution in [0.15, 0.2) is 59.3 Å². The van der Waals surface area contributed by atoms with E-state index in [1.54, 1.807) is 31.4 Å². The molecule has 0 aliphatic heterocycles. The molecule has 23 heavy (non-hydrogen) atoms. The van der Waals surface area contributed by atoms with Gasteiger partial charge in [-0.2, -0.15) is 5.26 Å². The molecule has 0 aliphatic rings. The second kappa shape index (κ2) is 11.3. The third-order valence-electron chi connectivity index (χ3n) is 2.49. The average Bonchev–Trinajstić information content (AvgIpc) is 2.55. The number of rotatable bonds is 6. The van der Waals surface area contributed by atoms with E-state index < -0.39 is 0 Å². The number of nitrogens with two attached hydrogens (primary N) is 1. The molecule has 7 heteroatoms. The summed E-state index contributed by atoms with van der Waals surface area (Å²) >= 11 is 11.1. The van der Waals surface area contributed by atoms with E-state index in [0.29, 0.717) is 22.0 Å². The van der Waals surface area contributed by atoms with Crippen molar-refractivity contribution in [3.05, 3.63) is 64.8 Å². The summed E-state index contributed by atoms with van der Waals surface area (Å²) in [4.78, 5) is 11.2. The van der Waals surface area contributed by atoms with Gasteiger partial charge in [0.2, 0.25) is 0 Å². The van der Waals surface area contributed by atoms with Gasteiger partial charge in [-0.3, -0.25) is 10.6 Å². The Kier molecular flexibility index (Phi) is 10.2. The molecule has 0 saturated carbocycles. The third-order valence-corrected chi connectivity index (χ3v) is 3.02. The van der Waals surface area contributed by atoms with Crippen LogP contribution in [0.2, 0.25) is 0 Å². The highest BCUT2D eigenvalue weighted by atomic mass is 35.5. The molecule has 0 saturated heterocycles. The van der Waals surface area contributed by atoms with Crippen molar-refractivity contribution in [3.63, 3.8) is 0 Å². The second-order valence-corrected chi connectivity index (χ2v) is 4.83. The molecule has 1 aromatic carbocycles. The summed E-state index contributed by atoms with van der Waals surface area (Å²) in [7, 11) is 1.56. The maximum Gasteiger partial charge on any atom is 0.176 e. The molecule has 5 nitrogen and oxygen atoms in total. The number of hydrogen-bond acceptors (Lipinski definition) is 5. The van der Waals surface area contributed by atoms with E-state index in [0.717, 1.165) is 0 Å². The molecule has 1 aromatic rings. The van der Waals surface area contributed by atoms with Crippen molar-refractivity contribution in [1.82, 2.24) is 5.43 Å². The maximum absolute atomic E-state index is 11.2. The number of methoxy groups -OCH3 is 1. The van der Waals surface area contributed by atoms with E-state index in [-0.39, 0.29) is 17.2 Å². The lowest BCUT2D eigenvalue weighted by Crippen LogP contribution is -2.21. The first-order chi connectivity index (χ1) is 10.9. The predicted molar refractivity (Wildman–Crippen MR) is 92.9 cm³/mol. The molecule has 0 aromatic heterocycles. The van der Waals surface area contributed by atoms with Gasteiger partial charge in [-0.15, -0.1) is 0 Å². The SMILES string of the molecule is C=C/C(Cl)=C(/NN)C(=C)Cl.COc1ccc(C(=O)CC#N)cc1. The van der Waals surface area contributed by atoms with Gasteiger partial charge in [0.25, 0.3) is 0 Å². The number of halogens is 2. The summed E-state index contributed by atoms with van der Waals surface area (Å²) in [6, 6.07) is 8.51. The first-order valence-corrected chi connectivity index (χ1v) is 7.04. The van der Waals surface area contributed by atoms with E-state index >= 15 is 0 Å². The molecule has 1 rings (SSSR count). The zero-order chi connectivity index (χ0) is 17.8. The molecule has 0 spiro atoms. The predicted octanol–water partition coefficient (Wildman–Crippen LogP) is 3.63. The summed E-state index contributed by atoms with van der Waals surface area (Å²) in [5.74, 6) is 5.61. The topological polar surface area (TPSA) is 88.1 Å². The number of hydrazine groups is 1. The molecule has 0 atom stereocenters. The van der Waals surface area contributed by atoms with Crippen LogP contribution in [0.25, 0.3) is 0 Å². The fourth-order valence-electron chi connectivity index (χ4n) is 1.33. The molecule has 0 bridgehead atoms. The highest BCUT2D eigenvalue weighted by Crippen LogP contribution is 2.16. The Morgan fingerprint density at radius 1 is 1.43 bits per heavy atom. The number of Topliss-reactive ketones (excluding diaryl/α,β-unsaturated/α-hetero) is 1. The van der Waals surface area contributed by atoms with Gasteiger partial charge in [0, 0.05) is 5.56 Å². The van der Waals surface area contributed by atoms with Crippen LogP contribution in [0.1, 0.15) is 16.8 Å². The smallest absolute Gasteiger partial charge is 0.176 e. The lowest BCUT2D eigenvalue weighted by Gasteiger charge is -2.03. The van der Waals surface area contributed by atoms with Crippen molar-refractivity contribution in [2.45, 2.75) is 6.42 Å². The molecule has 0 fully saturated rings. The fraction of sp³-hybridized carbons (Fsp3) is 0.125. The van der Waals surface area contributed by atoms with Crippen LogP contribution in [0.5, 0.6) is 5.75 Å². The Hall–Kier alpha value is -2.26. The van der Waals surface area contributed by atoms with Gasteiger partial charge in [0.15, 0.2) is 5.78 Å². The molecule has 0 aliphatic carbocycles. The number of ether oxygens (including phenoxy) is 1. The van der Waals surface area contributed by atoms with Crippen LogP contribution in [-0.4, -0.2) is 12.9 Å². The summed E-state index contributed by atoms with van der Waals surface area (Å²) in [5.41, 5.74) is 3.23. The van der Waals surface area contributed by atoms with Crippen molar-refractivity contribution in [3.8, 4) is 11.8 Å². The molecule has 0 heterocycles. The summed E-state index contributed by atoms with van der Waals surface area (Å²) in [5, 5.41) is 8.91. The van der Waals surface area contributed by atoms with Crippen LogP contribution in [0.4, 0.5) is 0 Å². The number of carbonyl (C=O) groups is 1. The van der Waals surface area contributed by atoms with E-state index in [1.165, 1.54) is 6.08 Å². The molecule has 0 amide bonds. The van der Waals surface area contributed by atoms with Gasteiger partial charge in [0.05, 0.1) is 35.4 Å². The van der Waals surface area contributed by atoms with Gasteiger partial charge >= 0.3 is 0 Å². The third kappa shape index (κ3) is 7.52. The lowest BCUT2D eigenvalue weighted by molar-refractivity contribution is 0.0997. The quantitative estimate of drug-likeness (QED) is 0.352. The monoisotopic (exact) mass is 353 g/mol. The Balaban J connectivity index is 0.000000438. The Morgan fingerprint density at radius 2 is 2.00 bits per heavy atom. The minimum Gasteiger partial charge on any atom is -0.497 e. The number of nitriles is 1. The van der Waals surface area contributed by atoms with E-state index in [9.17, 15) is 4.79 Å². The highest BCUT2D eigenvalue weighted by molar-refractivity contribution is 6.36. The summed E-state index contributed by atoms with van der Waals surface area (Å²) in [6.45, 7) is 6.85. The largest absolute Gasteiger partial charge is 0.497 e. The fourth-order valence-corrected chi connectivity index (χ4v) is 1.70. The number of nitrogens with one attached hydrogen (secondary N) is 1. The van der Waals surface area contributed by atoms with Crippen LogP contribution in [0.3, 0.4) is 0 Å². The molecular formula is C16H17Cl2N3O2. The standard InChI is InChI=1S/C10H9NO2.C6H8Cl2N2/c1-13-9-4-2-8(3-5-9)10(12)6-7-11;1-3-5(8)6(10-9)4(2)7/h2-5H,6H2,1H3;3,10H,1-2,9H2/b;6-5-. The summed E-state index contributed by atoms with van der Waals surface area (Å²) in [6.07, 6.45) is 1.34. The zero-order valence-corrected chi connectivity index (χ0v) is 14.1. The van der Waals surface area contributed by atoms with Crippen molar-refractivity contribution < 1.29 is 9.53 Å². The molecule has 3 N–H and O–H groups in total. The maximum atomic E-state index is 11.2. The highest BCUT2D eigenvalue weighted by Gasteiger charge is 2.04. The van der Waals surface area contributed by atoms with Gasteiger partial charge in [-0.1, -0.05) is 36.4 Å². The normalized spacial score (nSPS) is 10.2. The number of carbonyl (C=O) groups excluding carboxylic acids is 1. The number of ketones is 1. The van der Waals surface area contributed by atoms with Gasteiger partial charge in [0.1, 0.15) is 5.75 Å². The minimum absolute atomic E-state index is 0.0771. The molecule has 0 radical (unpaired) electrons. The van der Waals surface area contributed by atoms with E-state index in [4.69, 9.17) is 39.0 Å². The number of allylic oxidation sites excluding steroid dienone is 3. The Labute approximate surface area is 145 Å². The number of nitrogens with zero attached hydrogens (tertiary/aromatic N) is 1. The lowest BCUT2D eigenvalue weighted by atomic mass is 10.1. The van der Waals surface area contributed by atoms with E-state index in [1.807, 2.05) is 6.07 Å². The first kappa shape index (κ1) is 20.7. The molecule has 0 unspecified atom stereocenters. The Morgan fingerprint density at radius 3 is 2.30 bits per heavy atom. The van der Waals surface area contributed by atoms with Crippen molar-refractivity contribution in [1.29, 1.82) is 5.26 Å². The van der Waals surface area contributed by atoms with Crippen LogP contribution in [0, 0.1) is 11.3 Å². The van der Waals surface area contributed by atoms with Crippen LogP contribution in [-0.2, 0) is 0 Å². The van der Waals surface area contributed by atoms with Crippen LogP contribution < -0.4 is 16.0 Å². The second-order valence-electron chi connectivity index (χ2n) is 3.96. The van der Waals surface area contributed by atoms with Crippen molar-refractivity contribution in [2.24, 2.45) is 5.84 Å². The van der Waals surface area contributed by atoms with Crippen LogP contribution >= 0.6 is 23.2 Å². The van der Waals surface area contributed by atoms with Crippen molar-refractivity contribution >= 4 is 29.0 Å². The minimum atomic E-state index is -0.162. The van der Waals surface area contributed by atoms with Crippen molar-refractivity contribution in [2.75, 3.05) is 7.11 Å². The summed E-state index contributed by atoms with van der Waals surface area (Å²) < 4.78 is 4.93. The van der Waals surface area contributed by atoms with E-state index in [2.05, 4.69) is 18.6 Å². The zero-order valence-electron chi connectivity index (χ0n) is 12.6. The first-order valence-electron chi connectivity index (χ1n) is 6.29. The van der Waals surface area contributed by atoms with Gasteiger partial charge in [-0.05, 0) is 30.3 Å². The van der Waals surface area contributed by atoms with Gasteiger partial charge in [-0.25, -0.2) is 0 Å². The number of hydrogen-bond donors (Lipinski definition) is 2. The number of benzene rings is 1. The molecule has 122 valence electrons. The van der Waals surface area contributed by atoms with Gasteiger partial charge < -0.3 is 10.2 Å².